The topological polar surface area (TPSA) is 0 Å². The van der Waals surface area contributed by atoms with Crippen LogP contribution in [0.4, 0.5) is 0 Å². The number of hydrogen-bond acceptors (Lipinski definition) is 0. The van der Waals surface area contributed by atoms with Gasteiger partial charge in [0.2, 0.25) is 0 Å². The monoisotopic (exact) mass is 374 g/mol. The van der Waals surface area contributed by atoms with Gasteiger partial charge in [-0.2, -0.15) is 0 Å². The van der Waals surface area contributed by atoms with Gasteiger partial charge in [0.1, 0.15) is 0 Å². The molecule has 0 atom stereocenters. The zero-order valence-corrected chi connectivity index (χ0v) is 14.2. The first-order valence-electron chi connectivity index (χ1n) is 5.12. The molecule has 1 aliphatic rings. The Labute approximate surface area is 91.6 Å². The zero-order valence-electron chi connectivity index (χ0n) is 7.98. The SMILES string of the molecule is CC/[C](=C\C1CCCCC1)[Hg][Cl]. The summed E-state index contributed by atoms with van der Waals surface area (Å²) in [6, 6.07) is 0. The first-order valence-corrected chi connectivity index (χ1v) is 14.6. The van der Waals surface area contributed by atoms with Crippen LogP contribution in [0.25, 0.3) is 0 Å². The van der Waals surface area contributed by atoms with Gasteiger partial charge in [-0.25, -0.2) is 0 Å². The predicted octanol–water partition coefficient (Wildman–Crippen LogP) is 4.10. The third-order valence-corrected chi connectivity index (χ3v) is 9.95. The van der Waals surface area contributed by atoms with E-state index in [-0.39, 0.29) is 0 Å². The third kappa shape index (κ3) is 3.78. The molecule has 0 aliphatic heterocycles. The van der Waals surface area contributed by atoms with Crippen molar-refractivity contribution in [3.05, 3.63) is 9.16 Å². The molecule has 1 rings (SSSR count). The fraction of sp³-hybridized carbons (Fsp3) is 0.800. The van der Waals surface area contributed by atoms with E-state index in [1.165, 1.54) is 38.5 Å². The van der Waals surface area contributed by atoms with Crippen molar-refractivity contribution >= 4 is 8.25 Å². The van der Waals surface area contributed by atoms with Crippen LogP contribution in [0.3, 0.4) is 0 Å². The van der Waals surface area contributed by atoms with E-state index in [4.69, 9.17) is 8.25 Å². The molecule has 0 heterocycles. The van der Waals surface area contributed by atoms with E-state index in [0.717, 1.165) is 5.92 Å². The Morgan fingerprint density at radius 1 is 1.42 bits per heavy atom. The summed E-state index contributed by atoms with van der Waals surface area (Å²) in [6.45, 7) is 2.25. The van der Waals surface area contributed by atoms with E-state index < -0.39 is 23.3 Å². The summed E-state index contributed by atoms with van der Waals surface area (Å²) in [7, 11) is 6.04. The van der Waals surface area contributed by atoms with Gasteiger partial charge in [0, 0.05) is 0 Å². The van der Waals surface area contributed by atoms with Crippen molar-refractivity contribution < 1.29 is 23.3 Å². The van der Waals surface area contributed by atoms with Gasteiger partial charge in [-0.3, -0.25) is 0 Å². The number of hydrogen-bond donors (Lipinski definition) is 0. The minimum absolute atomic E-state index is 0.896. The molecule has 0 N–H and O–H groups in total. The second-order valence-electron chi connectivity index (χ2n) is 3.71. The fourth-order valence-corrected chi connectivity index (χ4v) is 6.71. The van der Waals surface area contributed by atoms with Gasteiger partial charge >= 0.3 is 92.1 Å². The van der Waals surface area contributed by atoms with E-state index in [9.17, 15) is 0 Å². The molecular formula is C10H17ClHg. The Morgan fingerprint density at radius 2 is 2.08 bits per heavy atom. The average molecular weight is 373 g/mol. The van der Waals surface area contributed by atoms with Crippen LogP contribution in [0.15, 0.2) is 9.16 Å². The van der Waals surface area contributed by atoms with Crippen LogP contribution in [0.2, 0.25) is 0 Å². The summed E-state index contributed by atoms with van der Waals surface area (Å²) in [5.41, 5.74) is 0. The maximum absolute atomic E-state index is 6.04. The Balaban J connectivity index is 2.39. The molecule has 0 aromatic heterocycles. The molecule has 0 nitrogen and oxygen atoms in total. The summed E-state index contributed by atoms with van der Waals surface area (Å²) < 4.78 is 1.66. The summed E-state index contributed by atoms with van der Waals surface area (Å²) in [6.07, 6.45) is 10.9. The molecule has 2 heteroatoms. The van der Waals surface area contributed by atoms with Crippen LogP contribution in [-0.2, 0) is 23.3 Å². The Hall–Kier alpha value is 0.965. The van der Waals surface area contributed by atoms with Crippen LogP contribution in [0, 0.1) is 5.92 Å². The van der Waals surface area contributed by atoms with E-state index in [2.05, 4.69) is 13.0 Å². The number of rotatable bonds is 3. The zero-order chi connectivity index (χ0) is 8.81. The van der Waals surface area contributed by atoms with Crippen molar-refractivity contribution in [3.8, 4) is 0 Å². The Morgan fingerprint density at radius 3 is 2.58 bits per heavy atom. The van der Waals surface area contributed by atoms with Crippen LogP contribution in [-0.4, -0.2) is 0 Å². The van der Waals surface area contributed by atoms with Crippen LogP contribution in [0.1, 0.15) is 45.4 Å². The standard InChI is InChI=1S/C10H17.ClH.Hg/c1-2-3-7-10-8-5-4-6-9-10;;/h7,10H,2,4-6,8-9H2,1H3;1H;/q;;+1/p-1. The van der Waals surface area contributed by atoms with E-state index in [1.54, 1.807) is 3.08 Å². The van der Waals surface area contributed by atoms with Crippen molar-refractivity contribution in [1.82, 2.24) is 0 Å². The van der Waals surface area contributed by atoms with E-state index in [1.807, 2.05) is 0 Å². The average Bonchev–Trinajstić information content (AvgIpc) is 2.16. The molecule has 0 radical (unpaired) electrons. The van der Waals surface area contributed by atoms with E-state index in [0.29, 0.717) is 0 Å². The summed E-state index contributed by atoms with van der Waals surface area (Å²) >= 11 is -1.05. The molecule has 0 aromatic carbocycles. The van der Waals surface area contributed by atoms with Gasteiger partial charge in [0.05, 0.1) is 0 Å². The summed E-state index contributed by atoms with van der Waals surface area (Å²) in [5, 5.41) is 0. The quantitative estimate of drug-likeness (QED) is 0.654. The molecule has 1 aliphatic carbocycles. The molecule has 0 bridgehead atoms. The first kappa shape index (κ1) is 11.0. The van der Waals surface area contributed by atoms with E-state index >= 15 is 0 Å². The van der Waals surface area contributed by atoms with Crippen molar-refractivity contribution in [2.75, 3.05) is 0 Å². The first-order chi connectivity index (χ1) is 5.86. The van der Waals surface area contributed by atoms with Crippen molar-refractivity contribution in [3.63, 3.8) is 0 Å². The molecule has 0 spiro atoms. The van der Waals surface area contributed by atoms with Gasteiger partial charge in [0.25, 0.3) is 0 Å². The molecule has 66 valence electrons. The van der Waals surface area contributed by atoms with Gasteiger partial charge in [-0.1, -0.05) is 0 Å². The number of allylic oxidation sites excluding steroid dienone is 2. The second-order valence-corrected chi connectivity index (χ2v) is 10.6. The molecule has 0 saturated heterocycles. The predicted molar refractivity (Wildman–Crippen MR) is 50.8 cm³/mol. The minimum atomic E-state index is -1.05. The molecular weight excluding hydrogens is 356 g/mol. The molecule has 12 heavy (non-hydrogen) atoms. The Bertz CT molecular complexity index is 142. The molecule has 1 fully saturated rings. The van der Waals surface area contributed by atoms with Gasteiger partial charge in [-0.15, -0.1) is 0 Å². The maximum atomic E-state index is 6.04. The van der Waals surface area contributed by atoms with Crippen molar-refractivity contribution in [2.45, 2.75) is 45.4 Å². The second kappa shape index (κ2) is 6.42. The third-order valence-electron chi connectivity index (χ3n) is 2.75. The summed E-state index contributed by atoms with van der Waals surface area (Å²) in [4.78, 5) is 0. The molecule has 1 saturated carbocycles. The van der Waals surface area contributed by atoms with Crippen molar-refractivity contribution in [2.24, 2.45) is 5.92 Å². The van der Waals surface area contributed by atoms with Crippen LogP contribution >= 0.6 is 8.25 Å². The molecule has 0 unspecified atom stereocenters. The van der Waals surface area contributed by atoms with Crippen LogP contribution < -0.4 is 0 Å². The van der Waals surface area contributed by atoms with Crippen LogP contribution in [0.5, 0.6) is 0 Å². The fourth-order valence-electron chi connectivity index (χ4n) is 1.89. The van der Waals surface area contributed by atoms with Gasteiger partial charge in [-0.05, 0) is 0 Å². The van der Waals surface area contributed by atoms with Gasteiger partial charge in [0.15, 0.2) is 0 Å². The van der Waals surface area contributed by atoms with Gasteiger partial charge < -0.3 is 0 Å². The Kier molecular flexibility index (Phi) is 5.91. The number of halogens is 1. The molecule has 0 amide bonds. The summed E-state index contributed by atoms with van der Waals surface area (Å²) in [5.74, 6) is 0.896. The van der Waals surface area contributed by atoms with Crippen molar-refractivity contribution in [1.29, 1.82) is 0 Å². The molecule has 0 aromatic rings. The normalized spacial score (nSPS) is 20.7.